The van der Waals surface area contributed by atoms with Crippen LogP contribution in [-0.2, 0) is 0 Å². The Morgan fingerprint density at radius 1 is 1.47 bits per heavy atom. The fourth-order valence-electron chi connectivity index (χ4n) is 3.03. The van der Waals surface area contributed by atoms with E-state index in [1.54, 1.807) is 0 Å². The summed E-state index contributed by atoms with van der Waals surface area (Å²) in [5.74, 6) is 0.387. The van der Waals surface area contributed by atoms with Gasteiger partial charge in [-0.05, 0) is 43.9 Å². The molecule has 1 aliphatic heterocycles. The topological polar surface area (TPSA) is 49.5 Å². The number of hydrogen-bond acceptors (Lipinski definition) is 3. The van der Waals surface area contributed by atoms with Gasteiger partial charge in [-0.15, -0.1) is 0 Å². The van der Waals surface area contributed by atoms with Gasteiger partial charge in [-0.2, -0.15) is 0 Å². The molecule has 1 aromatic carbocycles. The number of halogens is 1. The van der Waals surface area contributed by atoms with Gasteiger partial charge in [0.25, 0.3) is 0 Å². The molecule has 1 aliphatic rings. The number of piperidine rings is 1. The fraction of sp³-hybridized carbons (Fsp3) is 0.600. The van der Waals surface area contributed by atoms with Crippen molar-refractivity contribution in [2.24, 2.45) is 11.7 Å². The van der Waals surface area contributed by atoms with E-state index in [0.29, 0.717) is 5.92 Å². The van der Waals surface area contributed by atoms with E-state index in [1.807, 2.05) is 6.07 Å². The molecule has 106 valence electrons. The SMILES string of the molecule is CC(N)C(c1ccccc1Br)N1CCCC(CO)C1. The lowest BCUT2D eigenvalue weighted by Gasteiger charge is -2.40. The second kappa shape index (κ2) is 6.84. The van der Waals surface area contributed by atoms with Gasteiger partial charge in [-0.3, -0.25) is 4.90 Å². The van der Waals surface area contributed by atoms with E-state index in [-0.39, 0.29) is 18.7 Å². The Morgan fingerprint density at radius 2 is 2.21 bits per heavy atom. The van der Waals surface area contributed by atoms with Crippen LogP contribution in [0.4, 0.5) is 0 Å². The minimum atomic E-state index is 0.0659. The second-order valence-corrected chi connectivity index (χ2v) is 6.37. The Labute approximate surface area is 123 Å². The molecule has 1 heterocycles. The molecule has 1 saturated heterocycles. The smallest absolute Gasteiger partial charge is 0.0507 e. The van der Waals surface area contributed by atoms with Crippen molar-refractivity contribution >= 4 is 15.9 Å². The summed E-state index contributed by atoms with van der Waals surface area (Å²) in [7, 11) is 0. The Kier molecular flexibility index (Phi) is 5.39. The normalized spacial score (nSPS) is 24.1. The maximum atomic E-state index is 9.39. The zero-order valence-corrected chi connectivity index (χ0v) is 13.0. The first-order valence-corrected chi connectivity index (χ1v) is 7.77. The van der Waals surface area contributed by atoms with E-state index in [4.69, 9.17) is 5.73 Å². The molecule has 0 radical (unpaired) electrons. The minimum absolute atomic E-state index is 0.0659. The van der Waals surface area contributed by atoms with Gasteiger partial charge in [0.1, 0.15) is 0 Å². The molecule has 3 unspecified atom stereocenters. The van der Waals surface area contributed by atoms with Crippen LogP contribution in [0.2, 0.25) is 0 Å². The molecule has 0 aromatic heterocycles. The van der Waals surface area contributed by atoms with Crippen molar-refractivity contribution in [3.8, 4) is 0 Å². The van der Waals surface area contributed by atoms with Gasteiger partial charge < -0.3 is 10.8 Å². The Balaban J connectivity index is 2.23. The van der Waals surface area contributed by atoms with E-state index in [2.05, 4.69) is 46.0 Å². The molecule has 0 aliphatic carbocycles. The van der Waals surface area contributed by atoms with Crippen molar-refractivity contribution in [2.45, 2.75) is 31.8 Å². The molecule has 3 N–H and O–H groups in total. The molecule has 1 fully saturated rings. The largest absolute Gasteiger partial charge is 0.396 e. The molecule has 19 heavy (non-hydrogen) atoms. The summed E-state index contributed by atoms with van der Waals surface area (Å²) in [5.41, 5.74) is 7.48. The molecule has 4 heteroatoms. The van der Waals surface area contributed by atoms with Crippen LogP contribution in [0.5, 0.6) is 0 Å². The highest BCUT2D eigenvalue weighted by Gasteiger charge is 2.29. The number of aliphatic hydroxyl groups is 1. The molecule has 3 atom stereocenters. The molecule has 0 bridgehead atoms. The van der Waals surface area contributed by atoms with Crippen LogP contribution in [0, 0.1) is 5.92 Å². The Bertz CT molecular complexity index is 411. The van der Waals surface area contributed by atoms with Crippen molar-refractivity contribution in [1.29, 1.82) is 0 Å². The third-order valence-corrected chi connectivity index (χ3v) is 4.65. The van der Waals surface area contributed by atoms with Crippen molar-refractivity contribution in [3.63, 3.8) is 0 Å². The summed E-state index contributed by atoms with van der Waals surface area (Å²) in [6, 6.07) is 8.57. The van der Waals surface area contributed by atoms with Crippen LogP contribution in [-0.4, -0.2) is 35.7 Å². The number of likely N-dealkylation sites (tertiary alicyclic amines) is 1. The Morgan fingerprint density at radius 3 is 2.84 bits per heavy atom. The monoisotopic (exact) mass is 326 g/mol. The summed E-state index contributed by atoms with van der Waals surface area (Å²) in [6.07, 6.45) is 2.26. The first-order valence-electron chi connectivity index (χ1n) is 6.98. The molecule has 0 saturated carbocycles. The summed E-state index contributed by atoms with van der Waals surface area (Å²) >= 11 is 3.63. The van der Waals surface area contributed by atoms with Crippen LogP contribution >= 0.6 is 15.9 Å². The van der Waals surface area contributed by atoms with Gasteiger partial charge in [0, 0.05) is 23.7 Å². The average molecular weight is 327 g/mol. The number of aliphatic hydroxyl groups excluding tert-OH is 1. The summed E-state index contributed by atoms with van der Waals surface area (Å²) in [4.78, 5) is 2.43. The average Bonchev–Trinajstić information content (AvgIpc) is 2.41. The van der Waals surface area contributed by atoms with Gasteiger partial charge in [-0.25, -0.2) is 0 Å². The van der Waals surface area contributed by atoms with Crippen molar-refractivity contribution in [2.75, 3.05) is 19.7 Å². The molecule has 3 nitrogen and oxygen atoms in total. The first kappa shape index (κ1) is 15.0. The third kappa shape index (κ3) is 3.57. The van der Waals surface area contributed by atoms with Gasteiger partial charge in [-0.1, -0.05) is 34.1 Å². The molecular weight excluding hydrogens is 304 g/mol. The Hall–Kier alpha value is -0.420. The number of hydrogen-bond donors (Lipinski definition) is 2. The molecule has 1 aromatic rings. The lowest BCUT2D eigenvalue weighted by Crippen LogP contribution is -2.45. The van der Waals surface area contributed by atoms with Crippen LogP contribution < -0.4 is 5.73 Å². The number of nitrogens with zero attached hydrogens (tertiary/aromatic N) is 1. The van der Waals surface area contributed by atoms with Gasteiger partial charge in [0.2, 0.25) is 0 Å². The van der Waals surface area contributed by atoms with Crippen molar-refractivity contribution < 1.29 is 5.11 Å². The van der Waals surface area contributed by atoms with Gasteiger partial charge in [0.05, 0.1) is 6.04 Å². The van der Waals surface area contributed by atoms with E-state index in [9.17, 15) is 5.11 Å². The fourth-order valence-corrected chi connectivity index (χ4v) is 3.55. The van der Waals surface area contributed by atoms with E-state index < -0.39 is 0 Å². The highest BCUT2D eigenvalue weighted by Crippen LogP contribution is 2.32. The first-order chi connectivity index (χ1) is 9.13. The summed E-state index contributed by atoms with van der Waals surface area (Å²) in [5, 5.41) is 9.39. The van der Waals surface area contributed by atoms with Crippen LogP contribution in [0.15, 0.2) is 28.7 Å². The molecule has 2 rings (SSSR count). The molecular formula is C15H23BrN2O. The third-order valence-electron chi connectivity index (χ3n) is 3.92. The van der Waals surface area contributed by atoms with E-state index in [1.165, 1.54) is 5.56 Å². The summed E-state index contributed by atoms with van der Waals surface area (Å²) in [6.45, 7) is 4.33. The maximum absolute atomic E-state index is 9.39. The minimum Gasteiger partial charge on any atom is -0.396 e. The predicted molar refractivity (Wildman–Crippen MR) is 81.9 cm³/mol. The van der Waals surface area contributed by atoms with Crippen LogP contribution in [0.1, 0.15) is 31.4 Å². The number of benzene rings is 1. The zero-order chi connectivity index (χ0) is 13.8. The van der Waals surface area contributed by atoms with E-state index in [0.717, 1.165) is 30.4 Å². The second-order valence-electron chi connectivity index (χ2n) is 5.51. The lowest BCUT2D eigenvalue weighted by molar-refractivity contribution is 0.0790. The van der Waals surface area contributed by atoms with Crippen LogP contribution in [0.3, 0.4) is 0 Å². The number of rotatable bonds is 4. The quantitative estimate of drug-likeness (QED) is 0.893. The molecule has 0 spiro atoms. The zero-order valence-electron chi connectivity index (χ0n) is 11.4. The van der Waals surface area contributed by atoms with Crippen LogP contribution in [0.25, 0.3) is 0 Å². The number of nitrogens with two attached hydrogens (primary N) is 1. The highest BCUT2D eigenvalue weighted by molar-refractivity contribution is 9.10. The van der Waals surface area contributed by atoms with E-state index >= 15 is 0 Å². The maximum Gasteiger partial charge on any atom is 0.0507 e. The van der Waals surface area contributed by atoms with Crippen molar-refractivity contribution in [1.82, 2.24) is 4.90 Å². The lowest BCUT2D eigenvalue weighted by atomic mass is 9.92. The predicted octanol–water partition coefficient (Wildman–Crippen LogP) is 2.54. The highest BCUT2D eigenvalue weighted by atomic mass is 79.9. The summed E-state index contributed by atoms with van der Waals surface area (Å²) < 4.78 is 1.11. The standard InChI is InChI=1S/C15H23BrN2O/c1-11(17)15(13-6-2-3-7-14(13)16)18-8-4-5-12(9-18)10-19/h2-3,6-7,11-12,15,19H,4-5,8-10,17H2,1H3. The van der Waals surface area contributed by atoms with Gasteiger partial charge in [0.15, 0.2) is 0 Å². The molecule has 0 amide bonds. The van der Waals surface area contributed by atoms with Crippen molar-refractivity contribution in [3.05, 3.63) is 34.3 Å². The van der Waals surface area contributed by atoms with Gasteiger partial charge >= 0.3 is 0 Å².